The molecule has 2 atom stereocenters. The third kappa shape index (κ3) is 2.69. The Morgan fingerprint density at radius 2 is 2.53 bits per heavy atom. The van der Waals surface area contributed by atoms with Crippen LogP contribution in [0.1, 0.15) is 34.2 Å². The predicted octanol–water partition coefficient (Wildman–Crippen LogP) is 2.27. The van der Waals surface area contributed by atoms with Crippen LogP contribution in [0.2, 0.25) is 0 Å². The molecular weight excluding hydrogens is 216 g/mol. The first-order chi connectivity index (χ1) is 8.22. The number of aromatic nitrogens is 1. The average molecular weight is 238 g/mol. The molecule has 1 fully saturated rings. The SMILES string of the molecule is CCC(C)Nc1cccn([C@@H]2CCOC2)c1=O.[HH]. The lowest BCUT2D eigenvalue weighted by Gasteiger charge is -2.16. The summed E-state index contributed by atoms with van der Waals surface area (Å²) >= 11 is 0. The lowest BCUT2D eigenvalue weighted by Crippen LogP contribution is -2.29. The highest BCUT2D eigenvalue weighted by Gasteiger charge is 2.19. The van der Waals surface area contributed by atoms with Gasteiger partial charge in [0.05, 0.1) is 12.6 Å². The van der Waals surface area contributed by atoms with Gasteiger partial charge >= 0.3 is 0 Å². The smallest absolute Gasteiger partial charge is 0.274 e. The van der Waals surface area contributed by atoms with Crippen molar-refractivity contribution >= 4 is 5.69 Å². The normalized spacial score (nSPS) is 21.4. The maximum atomic E-state index is 12.3. The zero-order valence-electron chi connectivity index (χ0n) is 10.5. The van der Waals surface area contributed by atoms with Gasteiger partial charge in [-0.3, -0.25) is 4.79 Å². The minimum atomic E-state index is 0. The van der Waals surface area contributed by atoms with Gasteiger partial charge in [-0.05, 0) is 31.9 Å². The molecule has 1 aromatic rings. The number of rotatable bonds is 4. The van der Waals surface area contributed by atoms with Crippen molar-refractivity contribution in [3.63, 3.8) is 0 Å². The van der Waals surface area contributed by atoms with Gasteiger partial charge in [-0.2, -0.15) is 0 Å². The number of hydrogen-bond donors (Lipinski definition) is 1. The van der Waals surface area contributed by atoms with Crippen molar-refractivity contribution in [2.45, 2.75) is 38.8 Å². The molecular formula is C13H22N2O2. The van der Waals surface area contributed by atoms with E-state index in [0.717, 1.165) is 19.4 Å². The number of anilines is 1. The monoisotopic (exact) mass is 238 g/mol. The third-order valence-electron chi connectivity index (χ3n) is 3.29. The second-order valence-corrected chi connectivity index (χ2v) is 4.61. The highest BCUT2D eigenvalue weighted by atomic mass is 16.5. The van der Waals surface area contributed by atoms with E-state index in [1.807, 2.05) is 18.3 Å². The maximum Gasteiger partial charge on any atom is 0.274 e. The van der Waals surface area contributed by atoms with Gasteiger partial charge in [-0.15, -0.1) is 0 Å². The van der Waals surface area contributed by atoms with Crippen molar-refractivity contribution in [1.82, 2.24) is 4.57 Å². The summed E-state index contributed by atoms with van der Waals surface area (Å²) in [6.45, 7) is 5.58. The Morgan fingerprint density at radius 1 is 1.71 bits per heavy atom. The molecule has 1 aliphatic rings. The summed E-state index contributed by atoms with van der Waals surface area (Å²) in [5, 5.41) is 3.25. The van der Waals surface area contributed by atoms with Crippen molar-refractivity contribution in [3.05, 3.63) is 28.7 Å². The molecule has 0 spiro atoms. The molecule has 1 unspecified atom stereocenters. The van der Waals surface area contributed by atoms with Crippen LogP contribution in [0.15, 0.2) is 23.1 Å². The summed E-state index contributed by atoms with van der Waals surface area (Å²) in [6, 6.07) is 4.28. The minimum Gasteiger partial charge on any atom is -0.379 e. The zero-order chi connectivity index (χ0) is 12.3. The van der Waals surface area contributed by atoms with Crippen molar-refractivity contribution in [2.24, 2.45) is 0 Å². The Balaban J connectivity index is 0.00000162. The quantitative estimate of drug-likeness (QED) is 0.875. The van der Waals surface area contributed by atoms with Crippen molar-refractivity contribution in [1.29, 1.82) is 0 Å². The molecule has 17 heavy (non-hydrogen) atoms. The fourth-order valence-electron chi connectivity index (χ4n) is 2.02. The molecule has 0 aromatic carbocycles. The Kier molecular flexibility index (Phi) is 3.84. The Bertz CT molecular complexity index is 427. The van der Waals surface area contributed by atoms with Gasteiger partial charge in [-0.25, -0.2) is 0 Å². The molecule has 0 amide bonds. The Labute approximate surface area is 103 Å². The highest BCUT2D eigenvalue weighted by molar-refractivity contribution is 5.41. The predicted molar refractivity (Wildman–Crippen MR) is 70.7 cm³/mol. The van der Waals surface area contributed by atoms with Crippen LogP contribution in [0, 0.1) is 0 Å². The Morgan fingerprint density at radius 3 is 3.18 bits per heavy atom. The average Bonchev–Trinajstić information content (AvgIpc) is 2.85. The van der Waals surface area contributed by atoms with Crippen LogP contribution < -0.4 is 10.9 Å². The fraction of sp³-hybridized carbons (Fsp3) is 0.615. The van der Waals surface area contributed by atoms with E-state index >= 15 is 0 Å². The van der Waals surface area contributed by atoms with Crippen LogP contribution in [0.3, 0.4) is 0 Å². The largest absolute Gasteiger partial charge is 0.379 e. The van der Waals surface area contributed by atoms with E-state index in [9.17, 15) is 4.79 Å². The summed E-state index contributed by atoms with van der Waals surface area (Å²) in [5.74, 6) is 0. The summed E-state index contributed by atoms with van der Waals surface area (Å²) in [6.07, 6.45) is 3.77. The first kappa shape index (κ1) is 12.2. The lowest BCUT2D eigenvalue weighted by molar-refractivity contribution is 0.186. The molecule has 4 heteroatoms. The second-order valence-electron chi connectivity index (χ2n) is 4.61. The number of pyridine rings is 1. The Hall–Kier alpha value is -1.29. The van der Waals surface area contributed by atoms with Crippen molar-refractivity contribution < 1.29 is 6.16 Å². The van der Waals surface area contributed by atoms with E-state index < -0.39 is 0 Å². The summed E-state index contributed by atoms with van der Waals surface area (Å²) in [4.78, 5) is 12.3. The van der Waals surface area contributed by atoms with Crippen LogP contribution >= 0.6 is 0 Å². The molecule has 2 rings (SSSR count). The maximum absolute atomic E-state index is 12.3. The summed E-state index contributed by atoms with van der Waals surface area (Å²) in [5.41, 5.74) is 0.747. The van der Waals surface area contributed by atoms with Gasteiger partial charge in [0.25, 0.3) is 5.56 Å². The standard InChI is InChI=1S/C13H20N2O2.H2/c1-3-10(2)14-12-5-4-7-15(13(12)16)11-6-8-17-9-11;/h4-5,7,10-11,14H,3,6,8-9H2,1-2H3;1H/t10?,11-;/m1./s1. The van der Waals surface area contributed by atoms with Crippen LogP contribution in [0.25, 0.3) is 0 Å². The summed E-state index contributed by atoms with van der Waals surface area (Å²) in [7, 11) is 0. The third-order valence-corrected chi connectivity index (χ3v) is 3.29. The number of nitrogens with zero attached hydrogens (tertiary/aromatic N) is 1. The van der Waals surface area contributed by atoms with Crippen LogP contribution in [0.4, 0.5) is 5.69 Å². The molecule has 2 heterocycles. The molecule has 0 saturated carbocycles. The van der Waals surface area contributed by atoms with E-state index in [1.165, 1.54) is 0 Å². The topological polar surface area (TPSA) is 43.3 Å². The molecule has 1 aliphatic heterocycles. The van der Waals surface area contributed by atoms with Crippen LogP contribution in [0.5, 0.6) is 0 Å². The van der Waals surface area contributed by atoms with Crippen LogP contribution in [-0.2, 0) is 4.74 Å². The lowest BCUT2D eigenvalue weighted by atomic mass is 10.2. The first-order valence-electron chi connectivity index (χ1n) is 6.27. The molecule has 1 N–H and O–H groups in total. The fourth-order valence-corrected chi connectivity index (χ4v) is 2.02. The van der Waals surface area contributed by atoms with Gasteiger partial charge in [0, 0.05) is 20.3 Å². The van der Waals surface area contributed by atoms with E-state index in [0.29, 0.717) is 18.3 Å². The van der Waals surface area contributed by atoms with E-state index in [-0.39, 0.29) is 13.0 Å². The molecule has 0 aliphatic carbocycles. The van der Waals surface area contributed by atoms with Crippen LogP contribution in [-0.4, -0.2) is 23.8 Å². The van der Waals surface area contributed by atoms with Gasteiger partial charge in [-0.1, -0.05) is 6.92 Å². The van der Waals surface area contributed by atoms with Crippen molar-refractivity contribution in [3.8, 4) is 0 Å². The van der Waals surface area contributed by atoms with Crippen molar-refractivity contribution in [2.75, 3.05) is 18.5 Å². The minimum absolute atomic E-state index is 0. The molecule has 0 radical (unpaired) electrons. The number of nitrogens with one attached hydrogen (secondary N) is 1. The van der Waals surface area contributed by atoms with E-state index in [2.05, 4.69) is 19.2 Å². The highest BCUT2D eigenvalue weighted by Crippen LogP contribution is 2.17. The van der Waals surface area contributed by atoms with Gasteiger partial charge < -0.3 is 14.6 Å². The summed E-state index contributed by atoms with van der Waals surface area (Å²) < 4.78 is 7.12. The molecule has 1 aromatic heterocycles. The number of hydrogen-bond acceptors (Lipinski definition) is 3. The zero-order valence-corrected chi connectivity index (χ0v) is 10.5. The van der Waals surface area contributed by atoms with Gasteiger partial charge in [0.1, 0.15) is 5.69 Å². The van der Waals surface area contributed by atoms with Gasteiger partial charge in [0.2, 0.25) is 0 Å². The van der Waals surface area contributed by atoms with E-state index in [1.54, 1.807) is 4.57 Å². The van der Waals surface area contributed by atoms with E-state index in [4.69, 9.17) is 4.74 Å². The first-order valence-corrected chi connectivity index (χ1v) is 6.27. The van der Waals surface area contributed by atoms with Gasteiger partial charge in [0.15, 0.2) is 0 Å². The molecule has 96 valence electrons. The molecule has 4 nitrogen and oxygen atoms in total. The number of ether oxygens (including phenoxy) is 1. The second kappa shape index (κ2) is 5.36. The molecule has 1 saturated heterocycles. The molecule has 0 bridgehead atoms.